The second-order valence-corrected chi connectivity index (χ2v) is 6.66. The summed E-state index contributed by atoms with van der Waals surface area (Å²) in [7, 11) is 0. The van der Waals surface area contributed by atoms with E-state index in [0.717, 1.165) is 26.2 Å². The molecule has 0 radical (unpaired) electrons. The number of nitrogens with zero attached hydrogens (tertiary/aromatic N) is 2. The molecule has 2 aliphatic rings. The highest BCUT2D eigenvalue weighted by Gasteiger charge is 2.24. The van der Waals surface area contributed by atoms with Gasteiger partial charge in [0.05, 0.1) is 0 Å². The van der Waals surface area contributed by atoms with Gasteiger partial charge in [0.1, 0.15) is 0 Å². The molecular formula is C21H24N2. The zero-order valence-corrected chi connectivity index (χ0v) is 13.6. The van der Waals surface area contributed by atoms with Gasteiger partial charge in [-0.15, -0.1) is 0 Å². The van der Waals surface area contributed by atoms with Crippen molar-refractivity contribution in [1.82, 2.24) is 4.90 Å². The second-order valence-electron chi connectivity index (χ2n) is 6.66. The SMILES string of the molecule is c1ccc(CN2CCC3=C(CCN(c4ccccc4)C3)C2)cc1. The van der Waals surface area contributed by atoms with Crippen molar-refractivity contribution >= 4 is 5.69 Å². The number of hydrogen-bond donors (Lipinski definition) is 0. The van der Waals surface area contributed by atoms with Gasteiger partial charge in [-0.05, 0) is 36.1 Å². The van der Waals surface area contributed by atoms with Gasteiger partial charge in [0.15, 0.2) is 0 Å². The van der Waals surface area contributed by atoms with E-state index in [1.807, 2.05) is 0 Å². The van der Waals surface area contributed by atoms with Gasteiger partial charge in [0.25, 0.3) is 0 Å². The Kier molecular flexibility index (Phi) is 4.16. The Hall–Kier alpha value is -2.06. The van der Waals surface area contributed by atoms with Crippen molar-refractivity contribution < 1.29 is 0 Å². The van der Waals surface area contributed by atoms with Crippen LogP contribution in [0.1, 0.15) is 18.4 Å². The third kappa shape index (κ3) is 3.32. The summed E-state index contributed by atoms with van der Waals surface area (Å²) in [6.45, 7) is 5.71. The molecule has 2 heterocycles. The average molecular weight is 304 g/mol. The normalized spacial score (nSPS) is 18.9. The zero-order chi connectivity index (χ0) is 15.5. The summed E-state index contributed by atoms with van der Waals surface area (Å²) in [6, 6.07) is 21.7. The Morgan fingerprint density at radius 1 is 0.696 bits per heavy atom. The van der Waals surface area contributed by atoms with Crippen molar-refractivity contribution in [1.29, 1.82) is 0 Å². The minimum absolute atomic E-state index is 1.08. The zero-order valence-electron chi connectivity index (χ0n) is 13.6. The molecular weight excluding hydrogens is 280 g/mol. The first-order valence-corrected chi connectivity index (χ1v) is 8.64. The largest absolute Gasteiger partial charge is 0.367 e. The maximum absolute atomic E-state index is 2.60. The van der Waals surface area contributed by atoms with Gasteiger partial charge in [0, 0.05) is 38.4 Å². The van der Waals surface area contributed by atoms with Gasteiger partial charge < -0.3 is 4.90 Å². The molecule has 2 aromatic rings. The van der Waals surface area contributed by atoms with Crippen LogP contribution in [0.15, 0.2) is 71.8 Å². The number of para-hydroxylation sites is 1. The molecule has 23 heavy (non-hydrogen) atoms. The van der Waals surface area contributed by atoms with Crippen LogP contribution in [0.3, 0.4) is 0 Å². The Morgan fingerprint density at radius 3 is 2.13 bits per heavy atom. The van der Waals surface area contributed by atoms with Crippen LogP contribution in [-0.4, -0.2) is 31.1 Å². The van der Waals surface area contributed by atoms with Crippen molar-refractivity contribution in [2.24, 2.45) is 0 Å². The lowest BCUT2D eigenvalue weighted by atomic mass is 9.93. The van der Waals surface area contributed by atoms with E-state index in [4.69, 9.17) is 0 Å². The molecule has 0 aromatic heterocycles. The number of anilines is 1. The lowest BCUT2D eigenvalue weighted by Crippen LogP contribution is -2.39. The van der Waals surface area contributed by atoms with E-state index in [9.17, 15) is 0 Å². The standard InChI is InChI=1S/C21H24N2/c1-3-7-18(8-4-1)15-22-13-11-20-17-23(14-12-19(20)16-22)21-9-5-2-6-10-21/h1-10H,11-17H2. The summed E-state index contributed by atoms with van der Waals surface area (Å²) >= 11 is 0. The molecule has 118 valence electrons. The second kappa shape index (κ2) is 6.59. The van der Waals surface area contributed by atoms with Gasteiger partial charge in [-0.25, -0.2) is 0 Å². The summed E-state index contributed by atoms with van der Waals surface area (Å²) in [5, 5.41) is 0. The Morgan fingerprint density at radius 2 is 1.35 bits per heavy atom. The van der Waals surface area contributed by atoms with Crippen LogP contribution in [-0.2, 0) is 6.54 Å². The molecule has 0 saturated carbocycles. The van der Waals surface area contributed by atoms with Gasteiger partial charge >= 0.3 is 0 Å². The molecule has 2 heteroatoms. The first-order valence-electron chi connectivity index (χ1n) is 8.64. The molecule has 0 aliphatic carbocycles. The van der Waals surface area contributed by atoms with E-state index in [-0.39, 0.29) is 0 Å². The fourth-order valence-corrected chi connectivity index (χ4v) is 3.79. The third-order valence-electron chi connectivity index (χ3n) is 5.08. The van der Waals surface area contributed by atoms with Crippen molar-refractivity contribution in [2.75, 3.05) is 31.1 Å². The molecule has 2 aliphatic heterocycles. The predicted octanol–water partition coefficient (Wildman–Crippen LogP) is 4.10. The molecule has 2 aromatic carbocycles. The molecule has 0 fully saturated rings. The monoisotopic (exact) mass is 304 g/mol. The molecule has 0 bridgehead atoms. The fourth-order valence-electron chi connectivity index (χ4n) is 3.79. The molecule has 0 unspecified atom stereocenters. The summed E-state index contributed by atoms with van der Waals surface area (Å²) in [6.07, 6.45) is 2.45. The fraction of sp³-hybridized carbons (Fsp3) is 0.333. The van der Waals surface area contributed by atoms with Crippen LogP contribution in [0.5, 0.6) is 0 Å². The van der Waals surface area contributed by atoms with Gasteiger partial charge in [0.2, 0.25) is 0 Å². The Bertz CT molecular complexity index is 676. The molecule has 0 saturated heterocycles. The lowest BCUT2D eigenvalue weighted by molar-refractivity contribution is 0.270. The maximum atomic E-state index is 2.60. The molecule has 0 atom stereocenters. The molecule has 0 amide bonds. The minimum Gasteiger partial charge on any atom is -0.367 e. The number of benzene rings is 2. The van der Waals surface area contributed by atoms with E-state index in [2.05, 4.69) is 70.5 Å². The van der Waals surface area contributed by atoms with Gasteiger partial charge in [-0.1, -0.05) is 54.1 Å². The quantitative estimate of drug-likeness (QED) is 0.788. The predicted molar refractivity (Wildman–Crippen MR) is 96.6 cm³/mol. The summed E-state index contributed by atoms with van der Waals surface area (Å²) < 4.78 is 0. The first kappa shape index (κ1) is 14.5. The smallest absolute Gasteiger partial charge is 0.0392 e. The van der Waals surface area contributed by atoms with Crippen LogP contribution in [0.2, 0.25) is 0 Å². The molecule has 0 N–H and O–H groups in total. The van der Waals surface area contributed by atoms with Gasteiger partial charge in [-0.2, -0.15) is 0 Å². The Balaban J connectivity index is 1.42. The van der Waals surface area contributed by atoms with Crippen LogP contribution < -0.4 is 4.90 Å². The molecule has 4 rings (SSSR count). The third-order valence-corrected chi connectivity index (χ3v) is 5.08. The summed E-state index contributed by atoms with van der Waals surface area (Å²) in [5.74, 6) is 0. The number of rotatable bonds is 3. The van der Waals surface area contributed by atoms with Crippen molar-refractivity contribution in [3.05, 3.63) is 77.4 Å². The highest BCUT2D eigenvalue weighted by Crippen LogP contribution is 2.29. The maximum Gasteiger partial charge on any atom is 0.0392 e. The molecule has 0 spiro atoms. The van der Waals surface area contributed by atoms with Crippen molar-refractivity contribution in [3.8, 4) is 0 Å². The highest BCUT2D eigenvalue weighted by atomic mass is 15.2. The van der Waals surface area contributed by atoms with E-state index < -0.39 is 0 Å². The minimum atomic E-state index is 1.08. The van der Waals surface area contributed by atoms with Crippen LogP contribution in [0, 0.1) is 0 Å². The summed E-state index contributed by atoms with van der Waals surface area (Å²) in [4.78, 5) is 5.14. The lowest BCUT2D eigenvalue weighted by Gasteiger charge is -2.38. The average Bonchev–Trinajstić information content (AvgIpc) is 2.63. The van der Waals surface area contributed by atoms with E-state index in [1.54, 1.807) is 11.1 Å². The number of hydrogen-bond acceptors (Lipinski definition) is 2. The van der Waals surface area contributed by atoms with Crippen molar-refractivity contribution in [3.63, 3.8) is 0 Å². The topological polar surface area (TPSA) is 6.48 Å². The summed E-state index contributed by atoms with van der Waals surface area (Å²) in [5.41, 5.74) is 6.17. The highest BCUT2D eigenvalue weighted by molar-refractivity contribution is 5.49. The van der Waals surface area contributed by atoms with Gasteiger partial charge in [-0.3, -0.25) is 4.90 Å². The van der Waals surface area contributed by atoms with Crippen LogP contribution in [0.25, 0.3) is 0 Å². The van der Waals surface area contributed by atoms with E-state index >= 15 is 0 Å². The van der Waals surface area contributed by atoms with E-state index in [0.29, 0.717) is 0 Å². The Labute approximate surface area is 139 Å². The first-order chi connectivity index (χ1) is 11.4. The van der Waals surface area contributed by atoms with Crippen LogP contribution >= 0.6 is 0 Å². The van der Waals surface area contributed by atoms with Crippen LogP contribution in [0.4, 0.5) is 5.69 Å². The van der Waals surface area contributed by atoms with E-state index in [1.165, 1.54) is 30.6 Å². The molecule has 2 nitrogen and oxygen atoms in total. The van der Waals surface area contributed by atoms with Crippen molar-refractivity contribution in [2.45, 2.75) is 19.4 Å².